The van der Waals surface area contributed by atoms with E-state index >= 15 is 0 Å². The van der Waals surface area contributed by atoms with E-state index < -0.39 is 0 Å². The number of fused-ring (bicyclic) bond motifs is 1. The minimum atomic E-state index is 0.510. The number of hydrogen-bond donors (Lipinski definition) is 0. The van der Waals surface area contributed by atoms with Crippen LogP contribution in [-0.2, 0) is 0 Å². The number of pyridine rings is 1. The molecular formula is C20H22N8. The Bertz CT molecular complexity index is 1090. The van der Waals surface area contributed by atoms with E-state index in [9.17, 15) is 0 Å². The molecule has 8 heteroatoms. The van der Waals surface area contributed by atoms with Gasteiger partial charge in [0.25, 0.3) is 0 Å². The van der Waals surface area contributed by atoms with E-state index in [1.54, 1.807) is 11.0 Å². The van der Waals surface area contributed by atoms with E-state index in [0.717, 1.165) is 54.2 Å². The minimum Gasteiger partial charge on any atom is -0.306 e. The third-order valence-electron chi connectivity index (χ3n) is 5.52. The third-order valence-corrected chi connectivity index (χ3v) is 5.52. The van der Waals surface area contributed by atoms with Crippen LogP contribution >= 0.6 is 0 Å². The van der Waals surface area contributed by atoms with Gasteiger partial charge >= 0.3 is 0 Å². The van der Waals surface area contributed by atoms with E-state index in [1.807, 2.05) is 29.0 Å². The summed E-state index contributed by atoms with van der Waals surface area (Å²) in [5.41, 5.74) is 5.16. The first-order chi connectivity index (χ1) is 13.7. The predicted molar refractivity (Wildman–Crippen MR) is 105 cm³/mol. The maximum absolute atomic E-state index is 5.02. The third kappa shape index (κ3) is 2.95. The van der Waals surface area contributed by atoms with Gasteiger partial charge in [-0.2, -0.15) is 10.2 Å². The van der Waals surface area contributed by atoms with E-state index in [2.05, 4.69) is 45.1 Å². The summed E-state index contributed by atoms with van der Waals surface area (Å²) in [6.45, 7) is 4.34. The normalized spacial score (nSPS) is 16.1. The van der Waals surface area contributed by atoms with Gasteiger partial charge in [0.2, 0.25) is 0 Å². The lowest BCUT2D eigenvalue weighted by molar-refractivity contribution is 0.253. The summed E-state index contributed by atoms with van der Waals surface area (Å²) in [5.74, 6) is 1.24. The maximum Gasteiger partial charge on any atom is 0.163 e. The van der Waals surface area contributed by atoms with Crippen LogP contribution < -0.4 is 0 Å². The van der Waals surface area contributed by atoms with Crippen LogP contribution in [0.4, 0.5) is 0 Å². The quantitative estimate of drug-likeness (QED) is 0.548. The first-order valence-electron chi connectivity index (χ1n) is 9.54. The van der Waals surface area contributed by atoms with Gasteiger partial charge in [-0.1, -0.05) is 0 Å². The highest BCUT2D eigenvalue weighted by Gasteiger charge is 2.21. The van der Waals surface area contributed by atoms with Crippen molar-refractivity contribution in [3.05, 3.63) is 54.6 Å². The molecule has 5 heterocycles. The maximum atomic E-state index is 5.02. The molecule has 5 rings (SSSR count). The average molecular weight is 374 g/mol. The topological polar surface area (TPSA) is 77.0 Å². The van der Waals surface area contributed by atoms with Gasteiger partial charge in [0.15, 0.2) is 11.5 Å². The lowest BCUT2D eigenvalue weighted by Crippen LogP contribution is -2.29. The molecule has 0 N–H and O–H groups in total. The zero-order valence-electron chi connectivity index (χ0n) is 16.0. The number of rotatable bonds is 3. The smallest absolute Gasteiger partial charge is 0.163 e. The first-order valence-corrected chi connectivity index (χ1v) is 9.54. The highest BCUT2D eigenvalue weighted by molar-refractivity contribution is 5.77. The van der Waals surface area contributed by atoms with Crippen LogP contribution in [-0.4, -0.2) is 59.4 Å². The molecule has 1 aliphatic rings. The van der Waals surface area contributed by atoms with E-state index in [-0.39, 0.29) is 0 Å². The number of nitrogens with zero attached hydrogens (tertiary/aromatic N) is 8. The van der Waals surface area contributed by atoms with E-state index in [0.29, 0.717) is 5.92 Å². The van der Waals surface area contributed by atoms with Crippen LogP contribution in [0.25, 0.3) is 22.6 Å². The van der Waals surface area contributed by atoms with Crippen molar-refractivity contribution >= 4 is 5.65 Å². The lowest BCUT2D eigenvalue weighted by Gasteiger charge is -2.28. The molecule has 142 valence electrons. The van der Waals surface area contributed by atoms with Crippen LogP contribution in [0, 0.1) is 6.92 Å². The van der Waals surface area contributed by atoms with Crippen molar-refractivity contribution in [1.29, 1.82) is 0 Å². The Kier molecular flexibility index (Phi) is 4.12. The molecule has 4 aromatic rings. The van der Waals surface area contributed by atoms with Crippen LogP contribution in [0.1, 0.15) is 30.1 Å². The summed E-state index contributed by atoms with van der Waals surface area (Å²) >= 11 is 0. The van der Waals surface area contributed by atoms with Gasteiger partial charge in [-0.25, -0.2) is 24.1 Å². The number of piperidine rings is 1. The monoisotopic (exact) mass is 374 g/mol. The lowest BCUT2D eigenvalue weighted by atomic mass is 9.93. The molecule has 0 bridgehead atoms. The molecule has 0 aliphatic carbocycles. The molecule has 1 aliphatic heterocycles. The van der Waals surface area contributed by atoms with Crippen LogP contribution in [0.3, 0.4) is 0 Å². The standard InChI is InChI=1S/C20H22N8/c1-14-9-18(15-5-7-26(2)8-6-15)25-20-17(11-23-28(14)20)16-3-4-19(22-10-16)27-13-21-12-24-27/h3-4,9-13,15H,5-8H2,1-2H3. The Morgan fingerprint density at radius 3 is 2.64 bits per heavy atom. The van der Waals surface area contributed by atoms with Gasteiger partial charge in [-0.05, 0) is 58.1 Å². The molecule has 4 aromatic heterocycles. The fraction of sp³-hybridized carbons (Fsp3) is 0.350. The van der Waals surface area contributed by atoms with Crippen molar-refractivity contribution in [2.75, 3.05) is 20.1 Å². The van der Waals surface area contributed by atoms with Gasteiger partial charge in [0.05, 0.1) is 6.20 Å². The molecule has 0 aromatic carbocycles. The minimum absolute atomic E-state index is 0.510. The van der Waals surface area contributed by atoms with Crippen LogP contribution in [0.2, 0.25) is 0 Å². The van der Waals surface area contributed by atoms with Crippen molar-refractivity contribution in [2.45, 2.75) is 25.7 Å². The molecular weight excluding hydrogens is 352 g/mol. The number of hydrogen-bond acceptors (Lipinski definition) is 6. The Labute approximate surface area is 162 Å². The second-order valence-electron chi connectivity index (χ2n) is 7.44. The average Bonchev–Trinajstić information content (AvgIpc) is 3.39. The number of aryl methyl sites for hydroxylation is 1. The summed E-state index contributed by atoms with van der Waals surface area (Å²) in [4.78, 5) is 15.9. The molecule has 1 saturated heterocycles. The Hall–Kier alpha value is -3.13. The molecule has 0 radical (unpaired) electrons. The van der Waals surface area contributed by atoms with Crippen molar-refractivity contribution in [1.82, 2.24) is 39.2 Å². The second kappa shape index (κ2) is 6.79. The Morgan fingerprint density at radius 2 is 1.93 bits per heavy atom. The first kappa shape index (κ1) is 17.0. The molecule has 0 atom stereocenters. The Morgan fingerprint density at radius 1 is 1.07 bits per heavy atom. The van der Waals surface area contributed by atoms with Gasteiger partial charge in [-0.15, -0.1) is 0 Å². The molecule has 0 spiro atoms. The van der Waals surface area contributed by atoms with Gasteiger partial charge in [0.1, 0.15) is 12.7 Å². The molecule has 0 unspecified atom stereocenters. The molecule has 0 amide bonds. The van der Waals surface area contributed by atoms with Crippen molar-refractivity contribution < 1.29 is 0 Å². The molecule has 28 heavy (non-hydrogen) atoms. The molecule has 1 fully saturated rings. The van der Waals surface area contributed by atoms with Crippen molar-refractivity contribution in [3.63, 3.8) is 0 Å². The number of aromatic nitrogens is 7. The largest absolute Gasteiger partial charge is 0.306 e. The second-order valence-corrected chi connectivity index (χ2v) is 7.44. The summed E-state index contributed by atoms with van der Waals surface area (Å²) in [7, 11) is 2.18. The SMILES string of the molecule is Cc1cc(C2CCN(C)CC2)nc2c(-c3ccc(-n4cncn4)nc3)cnn12. The summed E-state index contributed by atoms with van der Waals surface area (Å²) in [6.07, 6.45) is 9.15. The fourth-order valence-corrected chi connectivity index (χ4v) is 3.86. The summed E-state index contributed by atoms with van der Waals surface area (Å²) < 4.78 is 3.56. The van der Waals surface area contributed by atoms with E-state index in [4.69, 9.17) is 4.98 Å². The summed E-state index contributed by atoms with van der Waals surface area (Å²) in [6, 6.07) is 6.15. The molecule has 0 saturated carbocycles. The Balaban J connectivity index is 1.53. The van der Waals surface area contributed by atoms with Crippen molar-refractivity contribution in [2.24, 2.45) is 0 Å². The van der Waals surface area contributed by atoms with Crippen LogP contribution in [0.15, 0.2) is 43.2 Å². The van der Waals surface area contributed by atoms with Gasteiger partial charge in [-0.3, -0.25) is 0 Å². The fourth-order valence-electron chi connectivity index (χ4n) is 3.86. The predicted octanol–water partition coefficient (Wildman–Crippen LogP) is 2.49. The molecule has 8 nitrogen and oxygen atoms in total. The highest BCUT2D eigenvalue weighted by Crippen LogP contribution is 2.30. The number of likely N-dealkylation sites (tertiary alicyclic amines) is 1. The van der Waals surface area contributed by atoms with Crippen molar-refractivity contribution in [3.8, 4) is 16.9 Å². The van der Waals surface area contributed by atoms with E-state index in [1.165, 1.54) is 12.0 Å². The zero-order chi connectivity index (χ0) is 19.1. The van der Waals surface area contributed by atoms with Gasteiger partial charge < -0.3 is 4.90 Å². The van der Waals surface area contributed by atoms with Crippen LogP contribution in [0.5, 0.6) is 0 Å². The highest BCUT2D eigenvalue weighted by atomic mass is 15.3. The zero-order valence-corrected chi connectivity index (χ0v) is 16.0. The summed E-state index contributed by atoms with van der Waals surface area (Å²) in [5, 5.41) is 8.68. The van der Waals surface area contributed by atoms with Gasteiger partial charge in [0, 0.05) is 34.6 Å².